The van der Waals surface area contributed by atoms with Crippen LogP contribution < -0.4 is 15.6 Å². The van der Waals surface area contributed by atoms with E-state index in [0.717, 1.165) is 18.5 Å². The molecule has 2 aliphatic carbocycles. The van der Waals surface area contributed by atoms with Gasteiger partial charge in [0.25, 0.3) is 11.5 Å². The van der Waals surface area contributed by atoms with Crippen molar-refractivity contribution in [1.82, 2.24) is 18.9 Å². The van der Waals surface area contributed by atoms with E-state index in [0.29, 0.717) is 12.4 Å². The number of fused-ring (bicyclic) bond motifs is 2. The number of amides is 1. The van der Waals surface area contributed by atoms with Crippen molar-refractivity contribution in [2.45, 2.75) is 76.5 Å². The molecule has 0 aromatic carbocycles. The first-order chi connectivity index (χ1) is 17.4. The lowest BCUT2D eigenvalue weighted by molar-refractivity contribution is 0.0154. The fourth-order valence-corrected chi connectivity index (χ4v) is 5.83. The van der Waals surface area contributed by atoms with Crippen LogP contribution in [0.5, 0.6) is 5.88 Å². The number of carbonyl (C=O) groups is 1. The molecule has 196 valence electrons. The number of imidazole rings is 1. The van der Waals surface area contributed by atoms with E-state index in [1.54, 1.807) is 16.7 Å². The highest BCUT2D eigenvalue weighted by molar-refractivity contribution is 6.05. The van der Waals surface area contributed by atoms with Gasteiger partial charge in [0.1, 0.15) is 11.3 Å². The summed E-state index contributed by atoms with van der Waals surface area (Å²) in [6.07, 6.45) is 4.09. The molecule has 3 aromatic rings. The Morgan fingerprint density at radius 2 is 2.00 bits per heavy atom. The quantitative estimate of drug-likeness (QED) is 0.513. The lowest BCUT2D eigenvalue weighted by atomic mass is 9.62. The van der Waals surface area contributed by atoms with Crippen LogP contribution in [0.4, 0.5) is 14.5 Å². The lowest BCUT2D eigenvalue weighted by Gasteiger charge is -2.41. The minimum absolute atomic E-state index is 0.00585. The monoisotopic (exact) mass is 513 g/mol. The Morgan fingerprint density at radius 1 is 1.24 bits per heavy atom. The number of aromatic nitrogens is 4. The number of carbonyl (C=O) groups excluding carboxylic acids is 1. The van der Waals surface area contributed by atoms with Crippen molar-refractivity contribution in [3.8, 4) is 5.88 Å². The second kappa shape index (κ2) is 7.83. The molecule has 0 unspecified atom stereocenters. The molecule has 3 aromatic heterocycles. The van der Waals surface area contributed by atoms with Gasteiger partial charge in [-0.05, 0) is 52.2 Å². The van der Waals surface area contributed by atoms with E-state index in [4.69, 9.17) is 14.5 Å². The summed E-state index contributed by atoms with van der Waals surface area (Å²) < 4.78 is 41.5. The van der Waals surface area contributed by atoms with Crippen molar-refractivity contribution >= 4 is 17.4 Å². The van der Waals surface area contributed by atoms with Crippen LogP contribution in [0.1, 0.15) is 69.1 Å². The van der Waals surface area contributed by atoms with E-state index in [9.17, 15) is 18.4 Å². The smallest absolute Gasteiger partial charge is 0.274 e. The minimum atomic E-state index is -2.54. The minimum Gasteiger partial charge on any atom is -0.474 e. The highest BCUT2D eigenvalue weighted by Gasteiger charge is 2.61. The maximum atomic E-state index is 13.4. The summed E-state index contributed by atoms with van der Waals surface area (Å²) in [7, 11) is 0. The first-order valence-electron chi connectivity index (χ1n) is 12.4. The van der Waals surface area contributed by atoms with Crippen molar-refractivity contribution in [2.75, 3.05) is 11.9 Å². The molecule has 0 spiro atoms. The molecule has 1 amide bonds. The Labute approximate surface area is 211 Å². The molecule has 2 atom stereocenters. The Kier molecular flexibility index (Phi) is 5.08. The molecule has 37 heavy (non-hydrogen) atoms. The SMILES string of the molecule is CC(C)Oc1nc2nc(C34COC(C)(C3)C4)cn2cc1C(=O)Nc1cccn([C@H]2C[C@@]2(C)C(F)F)c1=O. The molecule has 7 rings (SSSR count). The van der Waals surface area contributed by atoms with Gasteiger partial charge in [0.05, 0.1) is 29.4 Å². The van der Waals surface area contributed by atoms with Gasteiger partial charge in [0.2, 0.25) is 18.1 Å². The van der Waals surface area contributed by atoms with Crippen molar-refractivity contribution < 1.29 is 23.0 Å². The van der Waals surface area contributed by atoms with Gasteiger partial charge in [0.15, 0.2) is 0 Å². The summed E-state index contributed by atoms with van der Waals surface area (Å²) in [4.78, 5) is 35.6. The molecule has 2 saturated carbocycles. The van der Waals surface area contributed by atoms with Crippen molar-refractivity contribution in [3.63, 3.8) is 0 Å². The highest BCUT2D eigenvalue weighted by atomic mass is 19.3. The number of anilines is 1. The molecule has 9 nitrogen and oxygen atoms in total. The number of pyridine rings is 1. The topological polar surface area (TPSA) is 99.8 Å². The normalized spacial score (nSPS) is 30.1. The zero-order valence-corrected chi connectivity index (χ0v) is 21.1. The number of halogens is 2. The van der Waals surface area contributed by atoms with Gasteiger partial charge in [-0.2, -0.15) is 4.98 Å². The summed E-state index contributed by atoms with van der Waals surface area (Å²) in [6.45, 7) is 7.79. The number of hydrogen-bond acceptors (Lipinski definition) is 6. The van der Waals surface area contributed by atoms with Crippen molar-refractivity contribution in [2.24, 2.45) is 5.41 Å². The van der Waals surface area contributed by atoms with Gasteiger partial charge < -0.3 is 19.4 Å². The molecule has 0 radical (unpaired) electrons. The van der Waals surface area contributed by atoms with Crippen LogP contribution in [0.2, 0.25) is 0 Å². The van der Waals surface area contributed by atoms with Gasteiger partial charge in [-0.15, -0.1) is 0 Å². The number of hydrogen-bond donors (Lipinski definition) is 1. The number of alkyl halides is 2. The summed E-state index contributed by atoms with van der Waals surface area (Å²) in [6, 6.07) is 2.40. The third-order valence-electron chi connectivity index (χ3n) is 7.96. The molecular formula is C26H29F2N5O4. The van der Waals surface area contributed by atoms with Crippen LogP contribution in [0.15, 0.2) is 35.5 Å². The van der Waals surface area contributed by atoms with Crippen LogP contribution >= 0.6 is 0 Å². The van der Waals surface area contributed by atoms with Gasteiger partial charge in [-0.3, -0.25) is 14.0 Å². The Hall–Kier alpha value is -3.34. The Morgan fingerprint density at radius 3 is 2.62 bits per heavy atom. The number of nitrogens with zero attached hydrogens (tertiary/aromatic N) is 4. The molecule has 2 aliphatic heterocycles. The third kappa shape index (κ3) is 3.74. The Balaban J connectivity index is 1.32. The standard InChI is InChI=1S/C26H29F2N5O4/c1-14(2)37-20-15(9-32-10-17(30-23(32)31-20)26-11-24(3,12-26)36-13-26)19(34)29-16-6-5-7-33(21(16)35)18-8-25(18,4)22(27)28/h5-7,9-10,14,18,22H,8,11-13H2,1-4H3,(H,29,34)/t18-,24?,25+,26?/m0/s1. The van der Waals surface area contributed by atoms with Gasteiger partial charge in [0, 0.05) is 30.0 Å². The molecule has 11 heteroatoms. The van der Waals surface area contributed by atoms with Crippen LogP contribution in [0.25, 0.3) is 5.78 Å². The van der Waals surface area contributed by atoms with E-state index in [2.05, 4.69) is 17.2 Å². The molecule has 5 heterocycles. The maximum absolute atomic E-state index is 13.4. The van der Waals surface area contributed by atoms with E-state index < -0.39 is 29.3 Å². The van der Waals surface area contributed by atoms with Crippen LogP contribution in [-0.4, -0.2) is 49.6 Å². The predicted molar refractivity (Wildman–Crippen MR) is 130 cm³/mol. The molecular weight excluding hydrogens is 484 g/mol. The third-order valence-corrected chi connectivity index (χ3v) is 7.96. The zero-order chi connectivity index (χ0) is 26.3. The summed E-state index contributed by atoms with van der Waals surface area (Å²) in [5, 5.41) is 2.63. The molecule has 2 saturated heterocycles. The number of nitrogens with one attached hydrogen (secondary N) is 1. The molecule has 2 bridgehead atoms. The predicted octanol–water partition coefficient (Wildman–Crippen LogP) is 3.97. The highest BCUT2D eigenvalue weighted by Crippen LogP contribution is 2.59. The maximum Gasteiger partial charge on any atom is 0.274 e. The molecule has 4 fully saturated rings. The zero-order valence-electron chi connectivity index (χ0n) is 21.1. The van der Waals surface area contributed by atoms with Crippen molar-refractivity contribution in [3.05, 3.63) is 52.3 Å². The summed E-state index contributed by atoms with van der Waals surface area (Å²) in [5.74, 6) is -0.0974. The number of ether oxygens (including phenoxy) is 2. The lowest BCUT2D eigenvalue weighted by Crippen LogP contribution is -2.45. The van der Waals surface area contributed by atoms with Crippen LogP contribution in [0.3, 0.4) is 0 Å². The van der Waals surface area contributed by atoms with Crippen molar-refractivity contribution in [1.29, 1.82) is 0 Å². The molecule has 4 aliphatic rings. The second-order valence-corrected chi connectivity index (χ2v) is 11.4. The summed E-state index contributed by atoms with van der Waals surface area (Å²) >= 11 is 0. The first kappa shape index (κ1) is 24.0. The van der Waals surface area contributed by atoms with Crippen LogP contribution in [-0.2, 0) is 10.2 Å². The largest absolute Gasteiger partial charge is 0.474 e. The van der Waals surface area contributed by atoms with E-state index in [1.807, 2.05) is 20.0 Å². The van der Waals surface area contributed by atoms with E-state index in [1.165, 1.54) is 23.8 Å². The van der Waals surface area contributed by atoms with Gasteiger partial charge in [-0.25, -0.2) is 13.8 Å². The Bertz CT molecular complexity index is 1480. The van der Waals surface area contributed by atoms with Gasteiger partial charge in [-0.1, -0.05) is 6.92 Å². The first-order valence-corrected chi connectivity index (χ1v) is 12.4. The fraction of sp³-hybridized carbons (Fsp3) is 0.538. The average Bonchev–Trinajstić information content (AvgIpc) is 3.09. The second-order valence-electron chi connectivity index (χ2n) is 11.4. The van der Waals surface area contributed by atoms with Crippen LogP contribution in [0, 0.1) is 5.41 Å². The van der Waals surface area contributed by atoms with Gasteiger partial charge >= 0.3 is 0 Å². The molecule has 1 N–H and O–H groups in total. The number of rotatable bonds is 7. The van der Waals surface area contributed by atoms with E-state index in [-0.39, 0.29) is 40.7 Å². The average molecular weight is 514 g/mol. The summed E-state index contributed by atoms with van der Waals surface area (Å²) in [5.41, 5.74) is -1.05. The van der Waals surface area contributed by atoms with E-state index >= 15 is 0 Å². The fourth-order valence-electron chi connectivity index (χ4n) is 5.83.